The summed E-state index contributed by atoms with van der Waals surface area (Å²) in [7, 11) is 0. The monoisotopic (exact) mass is 352 g/mol. The predicted octanol–water partition coefficient (Wildman–Crippen LogP) is 3.36. The van der Waals surface area contributed by atoms with Crippen LogP contribution in [0.25, 0.3) is 0 Å². The fraction of sp³-hybridized carbons (Fsp3) is 0.842. The molecule has 4 nitrogen and oxygen atoms in total. The summed E-state index contributed by atoms with van der Waals surface area (Å²) >= 11 is 2.05. The van der Waals surface area contributed by atoms with Gasteiger partial charge in [0, 0.05) is 29.6 Å². The van der Waals surface area contributed by atoms with Crippen LogP contribution in [0.5, 0.6) is 0 Å². The molecule has 5 atom stereocenters. The molecule has 0 radical (unpaired) electrons. The highest BCUT2D eigenvalue weighted by Gasteiger charge is 2.36. The van der Waals surface area contributed by atoms with Crippen LogP contribution in [0.3, 0.4) is 0 Å². The van der Waals surface area contributed by atoms with Crippen molar-refractivity contribution in [3.63, 3.8) is 0 Å². The van der Waals surface area contributed by atoms with Crippen molar-refractivity contribution in [3.8, 4) is 0 Å². The summed E-state index contributed by atoms with van der Waals surface area (Å²) in [5, 5.41) is 11.4. The van der Waals surface area contributed by atoms with Gasteiger partial charge >= 0.3 is 0 Å². The van der Waals surface area contributed by atoms with Gasteiger partial charge in [-0.05, 0) is 56.0 Å². The molecule has 3 N–H and O–H groups in total. The minimum absolute atomic E-state index is 0.303. The lowest BCUT2D eigenvalue weighted by Gasteiger charge is -2.43. The van der Waals surface area contributed by atoms with Crippen LogP contribution in [-0.2, 0) is 0 Å². The van der Waals surface area contributed by atoms with Gasteiger partial charge in [-0.2, -0.15) is 5.10 Å². The minimum atomic E-state index is 0.303. The Labute approximate surface area is 152 Å². The maximum Gasteiger partial charge on any atom is 0.0449 e. The van der Waals surface area contributed by atoms with E-state index in [4.69, 9.17) is 0 Å². The van der Waals surface area contributed by atoms with Crippen LogP contribution < -0.4 is 16.1 Å². The van der Waals surface area contributed by atoms with Crippen molar-refractivity contribution in [2.24, 2.45) is 16.9 Å². The highest BCUT2D eigenvalue weighted by Crippen LogP contribution is 2.40. The van der Waals surface area contributed by atoms with Crippen molar-refractivity contribution in [2.45, 2.75) is 76.8 Å². The number of allylic oxidation sites excluding steroid dienone is 1. The Kier molecular flexibility index (Phi) is 7.20. The standard InChI is InChI=1S/C19H36N4S/c1-13(14(2)23-20-6)12-22-18-9-10-21-17-8-7-15(11-16(17)18)24-19(3,4)5/h7,13-14,16-18,21-23H,6,8-12H2,1-5H3/t13?,14?,16-,17+,18+/m1/s1. The topological polar surface area (TPSA) is 48.5 Å². The molecule has 0 aromatic heterocycles. The molecule has 1 heterocycles. The Morgan fingerprint density at radius 1 is 1.42 bits per heavy atom. The maximum atomic E-state index is 3.86. The van der Waals surface area contributed by atoms with E-state index in [2.05, 4.69) is 68.6 Å². The van der Waals surface area contributed by atoms with E-state index in [0.29, 0.717) is 34.7 Å². The van der Waals surface area contributed by atoms with Gasteiger partial charge in [0.05, 0.1) is 0 Å². The Morgan fingerprint density at radius 3 is 2.83 bits per heavy atom. The van der Waals surface area contributed by atoms with Gasteiger partial charge in [0.2, 0.25) is 0 Å². The summed E-state index contributed by atoms with van der Waals surface area (Å²) < 4.78 is 0.303. The molecule has 1 aliphatic carbocycles. The molecule has 0 amide bonds. The lowest BCUT2D eigenvalue weighted by molar-refractivity contribution is 0.197. The Morgan fingerprint density at radius 2 is 2.17 bits per heavy atom. The zero-order valence-corrected chi connectivity index (χ0v) is 16.9. The quantitative estimate of drug-likeness (QED) is 0.486. The second-order valence-electron chi connectivity index (χ2n) is 8.41. The lowest BCUT2D eigenvalue weighted by Crippen LogP contribution is -2.55. The molecule has 138 valence electrons. The molecule has 1 aliphatic heterocycles. The van der Waals surface area contributed by atoms with Gasteiger partial charge in [0.25, 0.3) is 0 Å². The summed E-state index contributed by atoms with van der Waals surface area (Å²) in [6.45, 7) is 17.1. The van der Waals surface area contributed by atoms with Crippen LogP contribution in [0, 0.1) is 11.8 Å². The van der Waals surface area contributed by atoms with Gasteiger partial charge < -0.3 is 16.1 Å². The summed E-state index contributed by atoms with van der Waals surface area (Å²) in [4.78, 5) is 1.58. The third-order valence-electron chi connectivity index (χ3n) is 5.22. The van der Waals surface area contributed by atoms with Gasteiger partial charge in [0.15, 0.2) is 0 Å². The SMILES string of the molecule is C=NNC(C)C(C)CN[C@H]1CCN[C@H]2CC=C(SC(C)(C)C)C[C@H]21. The highest BCUT2D eigenvalue weighted by atomic mass is 32.2. The van der Waals surface area contributed by atoms with Crippen molar-refractivity contribution >= 4 is 18.5 Å². The highest BCUT2D eigenvalue weighted by molar-refractivity contribution is 8.04. The van der Waals surface area contributed by atoms with Gasteiger partial charge in [-0.3, -0.25) is 0 Å². The third-order valence-corrected chi connectivity index (χ3v) is 6.43. The second kappa shape index (κ2) is 8.72. The Balaban J connectivity index is 1.91. The fourth-order valence-electron chi connectivity index (χ4n) is 3.70. The van der Waals surface area contributed by atoms with Crippen LogP contribution >= 0.6 is 11.8 Å². The first kappa shape index (κ1) is 19.8. The van der Waals surface area contributed by atoms with Crippen LogP contribution in [0.4, 0.5) is 0 Å². The smallest absolute Gasteiger partial charge is 0.0449 e. The van der Waals surface area contributed by atoms with E-state index in [1.807, 2.05) is 11.8 Å². The predicted molar refractivity (Wildman–Crippen MR) is 108 cm³/mol. The fourth-order valence-corrected chi connectivity index (χ4v) is 4.94. The first-order valence-corrected chi connectivity index (χ1v) is 10.2. The molecule has 1 saturated heterocycles. The van der Waals surface area contributed by atoms with Crippen LogP contribution in [0.2, 0.25) is 0 Å². The number of nitrogens with zero attached hydrogens (tertiary/aromatic N) is 1. The van der Waals surface area contributed by atoms with Crippen molar-refractivity contribution in [2.75, 3.05) is 13.1 Å². The number of hydrogen-bond donors (Lipinski definition) is 3. The number of fused-ring (bicyclic) bond motifs is 1. The van der Waals surface area contributed by atoms with E-state index in [1.165, 1.54) is 19.3 Å². The average Bonchev–Trinajstić information content (AvgIpc) is 2.51. The number of nitrogens with one attached hydrogen (secondary N) is 3. The van der Waals surface area contributed by atoms with E-state index in [1.54, 1.807) is 4.91 Å². The van der Waals surface area contributed by atoms with Crippen LogP contribution in [0.15, 0.2) is 16.1 Å². The molecular weight excluding hydrogens is 316 g/mol. The number of hydrazone groups is 1. The molecule has 0 spiro atoms. The summed E-state index contributed by atoms with van der Waals surface area (Å²) in [6, 6.07) is 1.61. The van der Waals surface area contributed by atoms with Crippen molar-refractivity contribution in [1.29, 1.82) is 0 Å². The molecule has 2 aliphatic rings. The van der Waals surface area contributed by atoms with Crippen molar-refractivity contribution in [1.82, 2.24) is 16.1 Å². The zero-order valence-electron chi connectivity index (χ0n) is 16.1. The van der Waals surface area contributed by atoms with Gasteiger partial charge in [0.1, 0.15) is 0 Å². The van der Waals surface area contributed by atoms with E-state index in [0.717, 1.165) is 13.1 Å². The van der Waals surface area contributed by atoms with Crippen LogP contribution in [0.1, 0.15) is 53.9 Å². The Bertz CT molecular complexity index is 443. The zero-order chi connectivity index (χ0) is 17.7. The van der Waals surface area contributed by atoms with Gasteiger partial charge in [-0.25, -0.2) is 0 Å². The summed E-state index contributed by atoms with van der Waals surface area (Å²) in [5.74, 6) is 1.24. The van der Waals surface area contributed by atoms with Gasteiger partial charge in [-0.15, -0.1) is 11.8 Å². The molecule has 0 bridgehead atoms. The Hall–Kier alpha value is -0.520. The number of thioether (sulfide) groups is 1. The van der Waals surface area contributed by atoms with E-state index >= 15 is 0 Å². The molecular formula is C19H36N4S. The van der Waals surface area contributed by atoms with E-state index < -0.39 is 0 Å². The second-order valence-corrected chi connectivity index (χ2v) is 10.4. The minimum Gasteiger partial charge on any atom is -0.313 e. The first-order valence-electron chi connectivity index (χ1n) is 9.36. The molecule has 1 fully saturated rings. The van der Waals surface area contributed by atoms with Gasteiger partial charge in [-0.1, -0.05) is 33.8 Å². The van der Waals surface area contributed by atoms with Crippen molar-refractivity contribution < 1.29 is 0 Å². The molecule has 5 heteroatoms. The number of rotatable bonds is 7. The first-order chi connectivity index (χ1) is 11.3. The molecule has 24 heavy (non-hydrogen) atoms. The average molecular weight is 353 g/mol. The van der Waals surface area contributed by atoms with E-state index in [9.17, 15) is 0 Å². The summed E-state index contributed by atoms with van der Waals surface area (Å²) in [6.07, 6.45) is 6.09. The lowest BCUT2D eigenvalue weighted by atomic mass is 9.79. The summed E-state index contributed by atoms with van der Waals surface area (Å²) in [5.41, 5.74) is 3.07. The normalized spacial score (nSPS) is 30.0. The van der Waals surface area contributed by atoms with E-state index in [-0.39, 0.29) is 0 Å². The molecule has 2 rings (SSSR count). The molecule has 0 aromatic carbocycles. The van der Waals surface area contributed by atoms with Crippen LogP contribution in [-0.4, -0.2) is 42.7 Å². The molecule has 0 aromatic rings. The number of hydrogen-bond acceptors (Lipinski definition) is 5. The molecule has 0 saturated carbocycles. The largest absolute Gasteiger partial charge is 0.313 e. The molecule has 2 unspecified atom stereocenters. The maximum absolute atomic E-state index is 3.86. The van der Waals surface area contributed by atoms with Crippen molar-refractivity contribution in [3.05, 3.63) is 11.0 Å². The third kappa shape index (κ3) is 5.78. The number of piperidine rings is 1.